The first-order valence-electron chi connectivity index (χ1n) is 12.7. The maximum atomic E-state index is 13.9. The lowest BCUT2D eigenvalue weighted by Gasteiger charge is -2.42. The van der Waals surface area contributed by atoms with Crippen molar-refractivity contribution in [3.63, 3.8) is 0 Å². The Morgan fingerprint density at radius 3 is 2.45 bits per heavy atom. The van der Waals surface area contributed by atoms with E-state index in [1.807, 2.05) is 26.0 Å². The zero-order chi connectivity index (χ0) is 27.8. The van der Waals surface area contributed by atoms with Gasteiger partial charge in [-0.15, -0.1) is 0 Å². The summed E-state index contributed by atoms with van der Waals surface area (Å²) in [6, 6.07) is 10.00. The number of halogens is 1. The normalized spacial score (nSPS) is 14.5. The van der Waals surface area contributed by atoms with Gasteiger partial charge in [-0.2, -0.15) is 5.10 Å². The van der Waals surface area contributed by atoms with Crippen molar-refractivity contribution < 1.29 is 19.0 Å². The lowest BCUT2D eigenvalue weighted by molar-refractivity contribution is -0.146. The van der Waals surface area contributed by atoms with E-state index >= 15 is 0 Å². The largest absolute Gasteiger partial charge is 0.479 e. The highest BCUT2D eigenvalue weighted by atomic mass is 19.1. The molecule has 3 heterocycles. The number of carboxylic acids is 1. The molecule has 2 aromatic carbocycles. The van der Waals surface area contributed by atoms with Crippen LogP contribution >= 0.6 is 0 Å². The van der Waals surface area contributed by atoms with Gasteiger partial charge in [0, 0.05) is 51.6 Å². The Morgan fingerprint density at radius 1 is 1.26 bits per heavy atom. The van der Waals surface area contributed by atoms with Crippen LogP contribution in [0.4, 0.5) is 10.1 Å². The molecular weight excluding hydrogens is 485 g/mol. The minimum atomic E-state index is -1.25. The van der Waals surface area contributed by atoms with E-state index in [-0.39, 0.29) is 11.2 Å². The number of fused-ring (bicyclic) bond motifs is 1. The third-order valence-corrected chi connectivity index (χ3v) is 7.32. The second-order valence-corrected chi connectivity index (χ2v) is 9.84. The van der Waals surface area contributed by atoms with E-state index in [0.717, 1.165) is 39.8 Å². The van der Waals surface area contributed by atoms with Crippen molar-refractivity contribution in [1.82, 2.24) is 14.3 Å². The number of benzene rings is 2. The summed E-state index contributed by atoms with van der Waals surface area (Å²) in [5.74, 6) is -1.33. The first kappa shape index (κ1) is 27.1. The third-order valence-electron chi connectivity index (χ3n) is 7.32. The van der Waals surface area contributed by atoms with Crippen molar-refractivity contribution in [1.29, 1.82) is 5.41 Å². The van der Waals surface area contributed by atoms with Gasteiger partial charge in [0.15, 0.2) is 5.54 Å². The van der Waals surface area contributed by atoms with Gasteiger partial charge >= 0.3 is 5.97 Å². The van der Waals surface area contributed by atoms with Crippen LogP contribution in [0.2, 0.25) is 0 Å². The van der Waals surface area contributed by atoms with Gasteiger partial charge in [0.1, 0.15) is 5.82 Å². The number of carboxylic acid groups (broad SMARTS) is 1. The molecule has 1 fully saturated rings. The molecule has 5 rings (SSSR count). The number of nitrogens with one attached hydrogen (secondary N) is 1. The van der Waals surface area contributed by atoms with Crippen molar-refractivity contribution >= 4 is 28.8 Å². The fraction of sp³-hybridized carbons (Fsp3) is 0.345. The standard InChI is InChI=1S/C27H28FN5O3.C2H6/c1-4-27(14-36-15-27)24-23(17-12-31-32(13-17)26(2,3)25(34)35)20-10-21(30)16(11-29)9-22(20)33(24)19-7-5-18(28)6-8-19;1-2/h5-13,29H,4,14-15,30H2,1-3H3,(H,34,35);1-2H3. The molecule has 2 aromatic heterocycles. The predicted octanol–water partition coefficient (Wildman–Crippen LogP) is 5.74. The number of nitrogen functional groups attached to an aromatic ring is 1. The Kier molecular flexibility index (Phi) is 7.16. The molecule has 4 aromatic rings. The number of carbonyl (C=O) groups is 1. The summed E-state index contributed by atoms with van der Waals surface area (Å²) >= 11 is 0. The highest BCUT2D eigenvalue weighted by Gasteiger charge is 2.44. The topological polar surface area (TPSA) is 119 Å². The smallest absolute Gasteiger partial charge is 0.331 e. The van der Waals surface area contributed by atoms with Crippen molar-refractivity contribution in [3.05, 3.63) is 65.9 Å². The molecule has 0 amide bonds. The van der Waals surface area contributed by atoms with Crippen LogP contribution in [-0.2, 0) is 20.5 Å². The molecule has 0 spiro atoms. The Morgan fingerprint density at radius 2 is 1.92 bits per heavy atom. The number of hydrogen-bond donors (Lipinski definition) is 3. The maximum absolute atomic E-state index is 13.9. The summed E-state index contributed by atoms with van der Waals surface area (Å²) in [7, 11) is 0. The van der Waals surface area contributed by atoms with Gasteiger partial charge in [-0.1, -0.05) is 20.8 Å². The van der Waals surface area contributed by atoms with E-state index in [9.17, 15) is 14.3 Å². The maximum Gasteiger partial charge on any atom is 0.331 e. The van der Waals surface area contributed by atoms with Crippen molar-refractivity contribution in [2.45, 2.75) is 52.0 Å². The number of aliphatic carboxylic acids is 1. The van der Waals surface area contributed by atoms with Crippen LogP contribution in [0, 0.1) is 11.2 Å². The van der Waals surface area contributed by atoms with Gasteiger partial charge in [0.05, 0.1) is 30.3 Å². The average Bonchev–Trinajstić information content (AvgIpc) is 3.49. The second-order valence-electron chi connectivity index (χ2n) is 9.84. The zero-order valence-corrected chi connectivity index (χ0v) is 22.4. The fourth-order valence-electron chi connectivity index (χ4n) is 4.86. The quantitative estimate of drug-likeness (QED) is 0.213. The summed E-state index contributed by atoms with van der Waals surface area (Å²) < 4.78 is 23.1. The Bertz CT molecular complexity index is 1490. The molecule has 0 aliphatic carbocycles. The molecular formula is C29H34FN5O3. The van der Waals surface area contributed by atoms with Crippen LogP contribution in [0.1, 0.15) is 52.3 Å². The van der Waals surface area contributed by atoms with Gasteiger partial charge in [0.25, 0.3) is 0 Å². The summed E-state index contributed by atoms with van der Waals surface area (Å²) in [5.41, 5.74) is 9.93. The number of ether oxygens (including phenoxy) is 1. The molecule has 0 bridgehead atoms. The molecule has 9 heteroatoms. The van der Waals surface area contributed by atoms with Crippen LogP contribution < -0.4 is 5.73 Å². The lowest BCUT2D eigenvalue weighted by Crippen LogP contribution is -2.47. The molecule has 1 aliphatic heterocycles. The number of hydrogen-bond acceptors (Lipinski definition) is 5. The molecule has 0 saturated carbocycles. The Hall–Kier alpha value is -3.98. The molecule has 38 heavy (non-hydrogen) atoms. The van der Waals surface area contributed by atoms with Crippen LogP contribution in [0.5, 0.6) is 0 Å². The van der Waals surface area contributed by atoms with E-state index in [1.54, 1.807) is 38.4 Å². The van der Waals surface area contributed by atoms with Crippen molar-refractivity contribution in [3.8, 4) is 16.8 Å². The van der Waals surface area contributed by atoms with Gasteiger partial charge in [-0.25, -0.2) is 9.18 Å². The molecule has 8 nitrogen and oxygen atoms in total. The fourth-order valence-corrected chi connectivity index (χ4v) is 4.86. The minimum absolute atomic E-state index is 0.327. The number of nitrogens with two attached hydrogens (primary N) is 1. The highest BCUT2D eigenvalue weighted by molar-refractivity contribution is 6.04. The SMILES string of the molecule is CC.CCC1(c2c(-c3cnn(C(C)(C)C(=O)O)c3)c3cc(N)c(C=N)cc3n2-c2ccc(F)cc2)COC1. The van der Waals surface area contributed by atoms with Crippen LogP contribution in [-0.4, -0.2) is 44.9 Å². The van der Waals surface area contributed by atoms with Crippen LogP contribution in [0.15, 0.2) is 48.8 Å². The number of aromatic nitrogens is 3. The lowest BCUT2D eigenvalue weighted by atomic mass is 9.77. The number of rotatable bonds is 7. The van der Waals surface area contributed by atoms with E-state index in [2.05, 4.69) is 16.6 Å². The first-order valence-corrected chi connectivity index (χ1v) is 12.7. The van der Waals surface area contributed by atoms with E-state index in [0.29, 0.717) is 24.5 Å². The zero-order valence-electron chi connectivity index (χ0n) is 22.4. The highest BCUT2D eigenvalue weighted by Crippen LogP contribution is 2.48. The average molecular weight is 520 g/mol. The summed E-state index contributed by atoms with van der Waals surface area (Å²) in [6.45, 7) is 10.3. The van der Waals surface area contributed by atoms with Crippen LogP contribution in [0.25, 0.3) is 27.7 Å². The van der Waals surface area contributed by atoms with Gasteiger partial charge in [-0.3, -0.25) is 4.68 Å². The van der Waals surface area contributed by atoms with Gasteiger partial charge in [0.2, 0.25) is 0 Å². The number of anilines is 1. The van der Waals surface area contributed by atoms with Crippen molar-refractivity contribution in [2.24, 2.45) is 0 Å². The predicted molar refractivity (Wildman–Crippen MR) is 148 cm³/mol. The number of nitrogens with zero attached hydrogens (tertiary/aromatic N) is 3. The molecule has 0 radical (unpaired) electrons. The van der Waals surface area contributed by atoms with E-state index in [4.69, 9.17) is 15.9 Å². The van der Waals surface area contributed by atoms with Gasteiger partial charge < -0.3 is 25.6 Å². The summed E-state index contributed by atoms with van der Waals surface area (Å²) in [5, 5.41) is 22.8. The molecule has 200 valence electrons. The Balaban J connectivity index is 0.00000164. The van der Waals surface area contributed by atoms with Crippen molar-refractivity contribution in [2.75, 3.05) is 18.9 Å². The molecule has 1 aliphatic rings. The second kappa shape index (κ2) is 10.1. The molecule has 0 unspecified atom stereocenters. The monoisotopic (exact) mass is 519 g/mol. The first-order chi connectivity index (χ1) is 18.1. The van der Waals surface area contributed by atoms with Gasteiger partial charge in [-0.05, 0) is 56.7 Å². The molecule has 4 N–H and O–H groups in total. The van der Waals surface area contributed by atoms with Crippen LogP contribution in [0.3, 0.4) is 0 Å². The summed E-state index contributed by atoms with van der Waals surface area (Å²) in [6.07, 6.45) is 5.41. The van der Waals surface area contributed by atoms with E-state index in [1.165, 1.54) is 23.0 Å². The third kappa shape index (κ3) is 4.16. The minimum Gasteiger partial charge on any atom is -0.479 e. The van der Waals surface area contributed by atoms with E-state index < -0.39 is 11.5 Å². The molecule has 1 saturated heterocycles. The Labute approximate surface area is 221 Å². The summed E-state index contributed by atoms with van der Waals surface area (Å²) in [4.78, 5) is 11.9. The molecule has 0 atom stereocenters.